The summed E-state index contributed by atoms with van der Waals surface area (Å²) in [7, 11) is 1.78. The number of methoxy groups -OCH3 is 1. The van der Waals surface area contributed by atoms with E-state index in [1.165, 1.54) is 24.3 Å². The standard InChI is InChI=1S/C12H27NOS/c1-5-7-13-12(9-14-4)10-15-8-6-11(2)3/h11-13H,5-10H2,1-4H3. The average Bonchev–Trinajstić information content (AvgIpc) is 2.20. The van der Waals surface area contributed by atoms with Crippen LogP contribution in [0.4, 0.5) is 0 Å². The van der Waals surface area contributed by atoms with E-state index in [-0.39, 0.29) is 0 Å². The van der Waals surface area contributed by atoms with Crippen LogP contribution in [-0.2, 0) is 4.74 Å². The first-order valence-corrected chi connectivity index (χ1v) is 7.16. The molecular weight excluding hydrogens is 206 g/mol. The number of nitrogens with one attached hydrogen (secondary N) is 1. The van der Waals surface area contributed by atoms with E-state index in [0.29, 0.717) is 6.04 Å². The lowest BCUT2D eigenvalue weighted by atomic mass is 10.2. The van der Waals surface area contributed by atoms with Crippen molar-refractivity contribution in [1.29, 1.82) is 0 Å². The fourth-order valence-corrected chi connectivity index (χ4v) is 2.56. The SMILES string of the molecule is CCCNC(COC)CSCCC(C)C. The molecule has 0 aliphatic rings. The van der Waals surface area contributed by atoms with Crippen LogP contribution in [0, 0.1) is 5.92 Å². The first-order chi connectivity index (χ1) is 7.20. The van der Waals surface area contributed by atoms with Gasteiger partial charge in [0.1, 0.15) is 0 Å². The van der Waals surface area contributed by atoms with Crippen molar-refractivity contribution < 1.29 is 4.74 Å². The predicted molar refractivity (Wildman–Crippen MR) is 70.7 cm³/mol. The van der Waals surface area contributed by atoms with Gasteiger partial charge in [-0.3, -0.25) is 0 Å². The van der Waals surface area contributed by atoms with Gasteiger partial charge in [-0.2, -0.15) is 11.8 Å². The highest BCUT2D eigenvalue weighted by molar-refractivity contribution is 7.99. The Morgan fingerprint density at radius 3 is 2.60 bits per heavy atom. The van der Waals surface area contributed by atoms with Crippen molar-refractivity contribution in [2.24, 2.45) is 5.92 Å². The Kier molecular flexibility index (Phi) is 11.0. The summed E-state index contributed by atoms with van der Waals surface area (Å²) >= 11 is 2.04. The minimum Gasteiger partial charge on any atom is -0.383 e. The van der Waals surface area contributed by atoms with Crippen molar-refractivity contribution in [3.05, 3.63) is 0 Å². The van der Waals surface area contributed by atoms with Crippen LogP contribution in [0.25, 0.3) is 0 Å². The van der Waals surface area contributed by atoms with Crippen LogP contribution in [0.15, 0.2) is 0 Å². The van der Waals surface area contributed by atoms with E-state index in [0.717, 1.165) is 19.1 Å². The molecule has 0 aromatic carbocycles. The molecule has 3 heteroatoms. The van der Waals surface area contributed by atoms with Crippen LogP contribution >= 0.6 is 11.8 Å². The Morgan fingerprint density at radius 1 is 1.33 bits per heavy atom. The summed E-state index contributed by atoms with van der Waals surface area (Å²) in [6.07, 6.45) is 2.51. The maximum Gasteiger partial charge on any atom is 0.0623 e. The van der Waals surface area contributed by atoms with E-state index < -0.39 is 0 Å². The number of rotatable bonds is 10. The third-order valence-electron chi connectivity index (χ3n) is 2.21. The smallest absolute Gasteiger partial charge is 0.0623 e. The Hall–Kier alpha value is 0.270. The molecule has 1 N–H and O–H groups in total. The van der Waals surface area contributed by atoms with Crippen LogP contribution in [0.5, 0.6) is 0 Å². The summed E-state index contributed by atoms with van der Waals surface area (Å²) in [5, 5.41) is 3.51. The molecule has 0 radical (unpaired) electrons. The van der Waals surface area contributed by atoms with Gasteiger partial charge in [-0.15, -0.1) is 0 Å². The van der Waals surface area contributed by atoms with Gasteiger partial charge < -0.3 is 10.1 Å². The van der Waals surface area contributed by atoms with Crippen LogP contribution in [0.1, 0.15) is 33.6 Å². The van der Waals surface area contributed by atoms with E-state index in [1.807, 2.05) is 11.8 Å². The summed E-state index contributed by atoms with van der Waals surface area (Å²) in [5.41, 5.74) is 0. The Morgan fingerprint density at radius 2 is 2.07 bits per heavy atom. The molecule has 0 aliphatic heterocycles. The molecule has 0 saturated heterocycles. The zero-order valence-electron chi connectivity index (χ0n) is 10.7. The van der Waals surface area contributed by atoms with Gasteiger partial charge >= 0.3 is 0 Å². The van der Waals surface area contributed by atoms with Gasteiger partial charge in [0.05, 0.1) is 6.61 Å². The molecule has 1 unspecified atom stereocenters. The fraction of sp³-hybridized carbons (Fsp3) is 1.00. The largest absolute Gasteiger partial charge is 0.383 e. The number of thioether (sulfide) groups is 1. The van der Waals surface area contributed by atoms with Crippen LogP contribution in [0.2, 0.25) is 0 Å². The number of hydrogen-bond donors (Lipinski definition) is 1. The summed E-state index contributed by atoms with van der Waals surface area (Å²) in [6.45, 7) is 8.68. The van der Waals surface area contributed by atoms with Crippen LogP contribution in [0.3, 0.4) is 0 Å². The van der Waals surface area contributed by atoms with E-state index in [4.69, 9.17) is 4.74 Å². The molecule has 0 aromatic heterocycles. The first kappa shape index (κ1) is 15.3. The van der Waals surface area contributed by atoms with Crippen molar-refractivity contribution in [2.75, 3.05) is 31.8 Å². The second-order valence-corrected chi connectivity index (χ2v) is 5.51. The molecule has 0 bridgehead atoms. The van der Waals surface area contributed by atoms with Gasteiger partial charge in [0.2, 0.25) is 0 Å². The van der Waals surface area contributed by atoms with Crippen molar-refractivity contribution in [1.82, 2.24) is 5.32 Å². The Bertz CT molecular complexity index is 131. The molecule has 0 heterocycles. The van der Waals surface area contributed by atoms with E-state index >= 15 is 0 Å². The number of hydrogen-bond acceptors (Lipinski definition) is 3. The Balaban J connectivity index is 3.47. The van der Waals surface area contributed by atoms with Crippen molar-refractivity contribution in [3.63, 3.8) is 0 Å². The molecule has 0 spiro atoms. The molecule has 92 valence electrons. The van der Waals surface area contributed by atoms with E-state index in [2.05, 4.69) is 26.1 Å². The quantitative estimate of drug-likeness (QED) is 0.586. The third-order valence-corrected chi connectivity index (χ3v) is 3.37. The van der Waals surface area contributed by atoms with Crippen LogP contribution in [-0.4, -0.2) is 37.8 Å². The van der Waals surface area contributed by atoms with Crippen LogP contribution < -0.4 is 5.32 Å². The van der Waals surface area contributed by atoms with Crippen molar-refractivity contribution >= 4 is 11.8 Å². The average molecular weight is 233 g/mol. The summed E-state index contributed by atoms with van der Waals surface area (Å²) in [4.78, 5) is 0. The van der Waals surface area contributed by atoms with Gasteiger partial charge in [-0.25, -0.2) is 0 Å². The maximum atomic E-state index is 5.20. The van der Waals surface area contributed by atoms with Gasteiger partial charge in [-0.05, 0) is 31.1 Å². The first-order valence-electron chi connectivity index (χ1n) is 6.00. The molecule has 0 saturated carbocycles. The van der Waals surface area contributed by atoms with Crippen molar-refractivity contribution in [2.45, 2.75) is 39.7 Å². The monoisotopic (exact) mass is 233 g/mol. The number of ether oxygens (including phenoxy) is 1. The third kappa shape index (κ3) is 10.6. The normalized spacial score (nSPS) is 13.4. The minimum absolute atomic E-state index is 0.520. The highest BCUT2D eigenvalue weighted by Crippen LogP contribution is 2.10. The molecule has 0 aromatic rings. The highest BCUT2D eigenvalue weighted by Gasteiger charge is 2.06. The van der Waals surface area contributed by atoms with Gasteiger partial charge in [0.25, 0.3) is 0 Å². The lowest BCUT2D eigenvalue weighted by Crippen LogP contribution is -2.36. The second kappa shape index (κ2) is 10.8. The van der Waals surface area contributed by atoms with E-state index in [9.17, 15) is 0 Å². The Labute approximate surface area is 99.5 Å². The molecule has 2 nitrogen and oxygen atoms in total. The van der Waals surface area contributed by atoms with Crippen molar-refractivity contribution in [3.8, 4) is 0 Å². The lowest BCUT2D eigenvalue weighted by molar-refractivity contribution is 0.174. The molecule has 0 aliphatic carbocycles. The van der Waals surface area contributed by atoms with Gasteiger partial charge in [0.15, 0.2) is 0 Å². The molecule has 15 heavy (non-hydrogen) atoms. The molecule has 0 rings (SSSR count). The maximum absolute atomic E-state index is 5.20. The highest BCUT2D eigenvalue weighted by atomic mass is 32.2. The molecule has 0 amide bonds. The topological polar surface area (TPSA) is 21.3 Å². The fourth-order valence-electron chi connectivity index (χ4n) is 1.26. The summed E-state index contributed by atoms with van der Waals surface area (Å²) < 4.78 is 5.20. The van der Waals surface area contributed by atoms with E-state index in [1.54, 1.807) is 7.11 Å². The lowest BCUT2D eigenvalue weighted by Gasteiger charge is -2.17. The van der Waals surface area contributed by atoms with Gasteiger partial charge in [0, 0.05) is 18.9 Å². The predicted octanol–water partition coefficient (Wildman–Crippen LogP) is 2.78. The zero-order valence-corrected chi connectivity index (χ0v) is 11.5. The summed E-state index contributed by atoms with van der Waals surface area (Å²) in [6, 6.07) is 0.520. The zero-order chi connectivity index (χ0) is 11.5. The second-order valence-electron chi connectivity index (χ2n) is 4.36. The minimum atomic E-state index is 0.520. The molecular formula is C12H27NOS. The summed E-state index contributed by atoms with van der Waals surface area (Å²) in [5.74, 6) is 3.26. The van der Waals surface area contributed by atoms with Gasteiger partial charge in [-0.1, -0.05) is 20.8 Å². The molecule has 0 fully saturated rings. The molecule has 1 atom stereocenters.